The highest BCUT2D eigenvalue weighted by Crippen LogP contribution is 2.65. The Morgan fingerprint density at radius 3 is 2.81 bits per heavy atom. The first-order valence-corrected chi connectivity index (χ1v) is 6.44. The second-order valence-corrected chi connectivity index (χ2v) is 6.37. The average Bonchev–Trinajstić information content (AvgIpc) is 2.26. The third-order valence-electron chi connectivity index (χ3n) is 5.50. The van der Waals surface area contributed by atoms with Gasteiger partial charge in [-0.05, 0) is 48.9 Å². The van der Waals surface area contributed by atoms with E-state index < -0.39 is 5.97 Å². The number of hydrogen-bond acceptors (Lipinski definition) is 1. The molecule has 4 aliphatic carbocycles. The van der Waals surface area contributed by atoms with E-state index in [1.807, 2.05) is 0 Å². The van der Waals surface area contributed by atoms with Gasteiger partial charge in [-0.3, -0.25) is 4.79 Å². The van der Waals surface area contributed by atoms with Gasteiger partial charge in [0.25, 0.3) is 0 Å². The predicted molar refractivity (Wildman–Crippen MR) is 61.9 cm³/mol. The minimum absolute atomic E-state index is 0.0959. The van der Waals surface area contributed by atoms with E-state index in [9.17, 15) is 9.90 Å². The summed E-state index contributed by atoms with van der Waals surface area (Å²) >= 11 is 0. The van der Waals surface area contributed by atoms with Crippen LogP contribution in [-0.4, -0.2) is 11.1 Å². The third kappa shape index (κ3) is 1.16. The van der Waals surface area contributed by atoms with Crippen LogP contribution in [0.4, 0.5) is 0 Å². The molecule has 2 nitrogen and oxygen atoms in total. The molecule has 4 aliphatic rings. The van der Waals surface area contributed by atoms with E-state index in [2.05, 4.69) is 19.9 Å². The van der Waals surface area contributed by atoms with Crippen LogP contribution in [0.5, 0.6) is 0 Å². The van der Waals surface area contributed by atoms with Crippen LogP contribution < -0.4 is 0 Å². The van der Waals surface area contributed by atoms with Gasteiger partial charge in [0.2, 0.25) is 0 Å². The lowest BCUT2D eigenvalue weighted by molar-refractivity contribution is -0.147. The molecule has 3 saturated carbocycles. The lowest BCUT2D eigenvalue weighted by atomic mass is 9.43. The molecule has 16 heavy (non-hydrogen) atoms. The lowest BCUT2D eigenvalue weighted by Gasteiger charge is -2.61. The van der Waals surface area contributed by atoms with Gasteiger partial charge in [0.15, 0.2) is 0 Å². The van der Waals surface area contributed by atoms with E-state index in [1.54, 1.807) is 0 Å². The Kier molecular flexibility index (Phi) is 2.02. The predicted octanol–water partition coefficient (Wildman–Crippen LogP) is 3.09. The number of rotatable bonds is 1. The van der Waals surface area contributed by atoms with Crippen LogP contribution in [-0.2, 0) is 4.79 Å². The monoisotopic (exact) mass is 220 g/mol. The Hall–Kier alpha value is -0.790. The summed E-state index contributed by atoms with van der Waals surface area (Å²) in [6, 6.07) is 0. The van der Waals surface area contributed by atoms with Gasteiger partial charge in [-0.25, -0.2) is 0 Å². The molecule has 0 radical (unpaired) electrons. The molecule has 0 amide bonds. The molecule has 88 valence electrons. The van der Waals surface area contributed by atoms with Crippen molar-refractivity contribution in [1.82, 2.24) is 0 Å². The third-order valence-corrected chi connectivity index (χ3v) is 5.50. The zero-order valence-electron chi connectivity index (χ0n) is 10.1. The maximum Gasteiger partial charge on any atom is 0.307 e. The average molecular weight is 220 g/mol. The van der Waals surface area contributed by atoms with Crippen molar-refractivity contribution in [2.24, 2.45) is 29.1 Å². The number of carboxylic acid groups (broad SMARTS) is 1. The van der Waals surface area contributed by atoms with Crippen molar-refractivity contribution in [3.63, 3.8) is 0 Å². The summed E-state index contributed by atoms with van der Waals surface area (Å²) in [6.07, 6.45) is 6.60. The molecule has 2 heteroatoms. The van der Waals surface area contributed by atoms with Crippen molar-refractivity contribution in [3.8, 4) is 0 Å². The first-order valence-electron chi connectivity index (χ1n) is 6.44. The zero-order valence-corrected chi connectivity index (χ0v) is 10.1. The van der Waals surface area contributed by atoms with Crippen molar-refractivity contribution in [3.05, 3.63) is 11.6 Å². The van der Waals surface area contributed by atoms with E-state index in [1.165, 1.54) is 12.0 Å². The number of allylic oxidation sites excluding steroid dienone is 2. The Morgan fingerprint density at radius 1 is 1.44 bits per heavy atom. The van der Waals surface area contributed by atoms with Crippen molar-refractivity contribution < 1.29 is 9.90 Å². The lowest BCUT2D eigenvalue weighted by Crippen LogP contribution is -2.54. The van der Waals surface area contributed by atoms with Crippen molar-refractivity contribution in [2.45, 2.75) is 39.5 Å². The van der Waals surface area contributed by atoms with Crippen molar-refractivity contribution in [2.75, 3.05) is 0 Å². The van der Waals surface area contributed by atoms with Crippen LogP contribution in [0.25, 0.3) is 0 Å². The summed E-state index contributed by atoms with van der Waals surface area (Å²) < 4.78 is 0. The van der Waals surface area contributed by atoms with E-state index >= 15 is 0 Å². The van der Waals surface area contributed by atoms with Crippen LogP contribution in [0.1, 0.15) is 39.5 Å². The minimum Gasteiger partial charge on any atom is -0.481 e. The SMILES string of the molecule is CC1(C)[C@@H]2C[C@H]3C(=CCC[C@H]3C(=O)O)[C@@H]1C2. The normalized spacial score (nSPS) is 44.0. The number of carboxylic acids is 1. The Balaban J connectivity index is 1.92. The molecular weight excluding hydrogens is 200 g/mol. The molecule has 0 heterocycles. The Morgan fingerprint density at radius 2 is 2.19 bits per heavy atom. The standard InChI is InChI=1S/C14H20O2/c1-14(2)8-6-11-9(12(14)7-8)4-3-5-10(11)13(15)16/h4,8,10-12H,3,5-7H2,1-2H3,(H,15,16)/t8-,10-,11+,12+/m1/s1. The van der Waals surface area contributed by atoms with Gasteiger partial charge in [0, 0.05) is 0 Å². The fourth-order valence-electron chi connectivity index (χ4n) is 4.30. The van der Waals surface area contributed by atoms with Crippen molar-refractivity contribution in [1.29, 1.82) is 0 Å². The fraction of sp³-hybridized carbons (Fsp3) is 0.786. The molecule has 0 unspecified atom stereocenters. The molecule has 0 aromatic heterocycles. The van der Waals surface area contributed by atoms with Crippen LogP contribution in [0.2, 0.25) is 0 Å². The number of aliphatic carboxylic acids is 1. The van der Waals surface area contributed by atoms with Gasteiger partial charge in [-0.1, -0.05) is 25.5 Å². The van der Waals surface area contributed by atoms with Crippen LogP contribution in [0, 0.1) is 29.1 Å². The molecule has 0 spiro atoms. The van der Waals surface area contributed by atoms with Crippen LogP contribution in [0.3, 0.4) is 0 Å². The summed E-state index contributed by atoms with van der Waals surface area (Å²) in [7, 11) is 0. The summed E-state index contributed by atoms with van der Waals surface area (Å²) in [4.78, 5) is 11.3. The number of carbonyl (C=O) groups is 1. The first kappa shape index (κ1) is 10.4. The van der Waals surface area contributed by atoms with Gasteiger partial charge < -0.3 is 5.11 Å². The van der Waals surface area contributed by atoms with Gasteiger partial charge in [-0.15, -0.1) is 0 Å². The molecule has 4 rings (SSSR count). The molecule has 2 bridgehead atoms. The highest BCUT2D eigenvalue weighted by Gasteiger charge is 2.57. The molecule has 1 N–H and O–H groups in total. The van der Waals surface area contributed by atoms with Gasteiger partial charge in [0.1, 0.15) is 0 Å². The van der Waals surface area contributed by atoms with Crippen LogP contribution >= 0.6 is 0 Å². The zero-order chi connectivity index (χ0) is 11.5. The van der Waals surface area contributed by atoms with E-state index in [4.69, 9.17) is 0 Å². The highest BCUT2D eigenvalue weighted by molar-refractivity contribution is 5.71. The second kappa shape index (κ2) is 3.12. The topological polar surface area (TPSA) is 37.3 Å². The molecule has 0 saturated heterocycles. The summed E-state index contributed by atoms with van der Waals surface area (Å²) in [6.45, 7) is 4.71. The minimum atomic E-state index is -0.574. The second-order valence-electron chi connectivity index (χ2n) is 6.37. The van der Waals surface area contributed by atoms with Crippen LogP contribution in [0.15, 0.2) is 11.6 Å². The Labute approximate surface area is 96.7 Å². The highest BCUT2D eigenvalue weighted by atomic mass is 16.4. The smallest absolute Gasteiger partial charge is 0.307 e. The molecule has 3 fully saturated rings. The molecular formula is C14H20O2. The van der Waals surface area contributed by atoms with E-state index in [0.29, 0.717) is 17.3 Å². The van der Waals surface area contributed by atoms with Crippen molar-refractivity contribution >= 4 is 5.97 Å². The largest absolute Gasteiger partial charge is 0.481 e. The molecule has 0 aromatic carbocycles. The summed E-state index contributed by atoms with van der Waals surface area (Å²) in [5.74, 6) is 1.14. The molecule has 0 aliphatic heterocycles. The fourth-order valence-corrected chi connectivity index (χ4v) is 4.30. The van der Waals surface area contributed by atoms with Gasteiger partial charge in [-0.2, -0.15) is 0 Å². The van der Waals surface area contributed by atoms with E-state index in [0.717, 1.165) is 25.2 Å². The Bertz CT molecular complexity index is 367. The van der Waals surface area contributed by atoms with E-state index in [-0.39, 0.29) is 5.92 Å². The first-order chi connectivity index (χ1) is 7.51. The molecule has 0 aromatic rings. The quantitative estimate of drug-likeness (QED) is 0.689. The maximum atomic E-state index is 11.3. The van der Waals surface area contributed by atoms with Gasteiger partial charge >= 0.3 is 5.97 Å². The summed E-state index contributed by atoms with van der Waals surface area (Å²) in [5, 5.41) is 9.28. The summed E-state index contributed by atoms with van der Waals surface area (Å²) in [5.41, 5.74) is 1.93. The number of hydrogen-bond donors (Lipinski definition) is 1. The maximum absolute atomic E-state index is 11.3. The molecule has 4 atom stereocenters. The van der Waals surface area contributed by atoms with Gasteiger partial charge in [0.05, 0.1) is 5.92 Å².